The van der Waals surface area contributed by atoms with E-state index in [9.17, 15) is 9.59 Å². The molecule has 1 fully saturated rings. The summed E-state index contributed by atoms with van der Waals surface area (Å²) in [5.41, 5.74) is 5.44. The number of hydrogen-bond acceptors (Lipinski definition) is 3. The van der Waals surface area contributed by atoms with Gasteiger partial charge in [0.25, 0.3) is 0 Å². The van der Waals surface area contributed by atoms with Gasteiger partial charge in [-0.3, -0.25) is 9.59 Å². The van der Waals surface area contributed by atoms with Crippen molar-refractivity contribution in [1.82, 2.24) is 4.90 Å². The number of carboxylic acid groups (broad SMARTS) is 1. The maximum absolute atomic E-state index is 12.8. The van der Waals surface area contributed by atoms with E-state index >= 15 is 0 Å². The van der Waals surface area contributed by atoms with Crippen LogP contribution in [0.4, 0.5) is 0 Å². The Labute approximate surface area is 121 Å². The molecule has 20 heavy (non-hydrogen) atoms. The van der Waals surface area contributed by atoms with Gasteiger partial charge in [-0.2, -0.15) is 0 Å². The van der Waals surface area contributed by atoms with Crippen LogP contribution in [0.25, 0.3) is 0 Å². The highest BCUT2D eigenvalue weighted by Gasteiger charge is 2.36. The number of amides is 1. The van der Waals surface area contributed by atoms with Crippen molar-refractivity contribution >= 4 is 11.9 Å². The molecule has 5 nitrogen and oxygen atoms in total. The fraction of sp³-hybridized carbons (Fsp3) is 0.867. The van der Waals surface area contributed by atoms with E-state index in [0.29, 0.717) is 6.54 Å². The van der Waals surface area contributed by atoms with Crippen LogP contribution in [0, 0.1) is 11.8 Å². The summed E-state index contributed by atoms with van der Waals surface area (Å²) in [6.07, 6.45) is 4.06. The van der Waals surface area contributed by atoms with Crippen LogP contribution in [0.2, 0.25) is 0 Å². The van der Waals surface area contributed by atoms with Crippen LogP contribution in [0.15, 0.2) is 0 Å². The quantitative estimate of drug-likeness (QED) is 0.807. The highest BCUT2D eigenvalue weighted by molar-refractivity contribution is 5.80. The van der Waals surface area contributed by atoms with Crippen molar-refractivity contribution in [2.45, 2.75) is 58.4 Å². The Balaban J connectivity index is 2.83. The minimum Gasteiger partial charge on any atom is -0.481 e. The monoisotopic (exact) mass is 284 g/mol. The first-order chi connectivity index (χ1) is 9.27. The first-order valence-corrected chi connectivity index (χ1v) is 7.50. The van der Waals surface area contributed by atoms with Crippen molar-refractivity contribution in [3.8, 4) is 0 Å². The lowest BCUT2D eigenvalue weighted by Crippen LogP contribution is -2.51. The number of carbonyl (C=O) groups excluding carboxylic acids is 1. The minimum absolute atomic E-state index is 0.0109. The summed E-state index contributed by atoms with van der Waals surface area (Å²) >= 11 is 0. The Bertz CT molecular complexity index is 350. The van der Waals surface area contributed by atoms with Crippen molar-refractivity contribution in [2.24, 2.45) is 17.6 Å². The summed E-state index contributed by atoms with van der Waals surface area (Å²) in [6, 6.07) is 0. The van der Waals surface area contributed by atoms with E-state index < -0.39 is 5.97 Å². The molecule has 5 heteroatoms. The average Bonchev–Trinajstić information content (AvgIpc) is 2.36. The molecule has 0 aliphatic heterocycles. The summed E-state index contributed by atoms with van der Waals surface area (Å²) in [5.74, 6) is -0.590. The smallest absolute Gasteiger partial charge is 0.305 e. The molecule has 1 amide bonds. The molecule has 1 saturated carbocycles. The highest BCUT2D eigenvalue weighted by Crippen LogP contribution is 2.32. The van der Waals surface area contributed by atoms with Gasteiger partial charge in [0.05, 0.1) is 6.42 Å². The molecule has 0 bridgehead atoms. The van der Waals surface area contributed by atoms with Gasteiger partial charge in [-0.1, -0.05) is 12.8 Å². The van der Waals surface area contributed by atoms with E-state index in [1.54, 1.807) is 4.90 Å². The Hall–Kier alpha value is -1.10. The summed E-state index contributed by atoms with van der Waals surface area (Å²) in [5, 5.41) is 8.86. The van der Waals surface area contributed by atoms with Gasteiger partial charge in [0.2, 0.25) is 5.91 Å². The molecule has 1 aliphatic rings. The summed E-state index contributed by atoms with van der Waals surface area (Å²) < 4.78 is 0. The minimum atomic E-state index is -0.869. The Kier molecular flexibility index (Phi) is 5.99. The molecule has 2 atom stereocenters. The normalized spacial score (nSPS) is 23.4. The van der Waals surface area contributed by atoms with Crippen LogP contribution in [-0.4, -0.2) is 40.5 Å². The van der Waals surface area contributed by atoms with Gasteiger partial charge in [-0.05, 0) is 46.1 Å². The second-order valence-electron chi connectivity index (χ2n) is 6.69. The summed E-state index contributed by atoms with van der Waals surface area (Å²) in [6.45, 7) is 6.66. The molecule has 0 radical (unpaired) electrons. The van der Waals surface area contributed by atoms with Gasteiger partial charge < -0.3 is 15.7 Å². The predicted molar refractivity (Wildman–Crippen MR) is 78.2 cm³/mol. The summed E-state index contributed by atoms with van der Waals surface area (Å²) in [4.78, 5) is 25.3. The molecule has 1 rings (SSSR count). The molecule has 0 heterocycles. The molecule has 0 aromatic carbocycles. The van der Waals surface area contributed by atoms with Crippen LogP contribution in [-0.2, 0) is 9.59 Å². The lowest BCUT2D eigenvalue weighted by molar-refractivity contribution is -0.145. The third-order valence-electron chi connectivity index (χ3n) is 4.15. The van der Waals surface area contributed by atoms with Crippen molar-refractivity contribution < 1.29 is 14.7 Å². The summed E-state index contributed by atoms with van der Waals surface area (Å²) in [7, 11) is 0. The lowest BCUT2D eigenvalue weighted by atomic mass is 9.78. The van der Waals surface area contributed by atoms with Crippen LogP contribution in [0.3, 0.4) is 0 Å². The van der Waals surface area contributed by atoms with E-state index in [1.165, 1.54) is 0 Å². The number of rotatable bonds is 5. The van der Waals surface area contributed by atoms with Gasteiger partial charge in [-0.25, -0.2) is 0 Å². The Morgan fingerprint density at radius 1 is 1.25 bits per heavy atom. The van der Waals surface area contributed by atoms with E-state index in [0.717, 1.165) is 25.7 Å². The second kappa shape index (κ2) is 7.07. The van der Waals surface area contributed by atoms with Crippen LogP contribution in [0.5, 0.6) is 0 Å². The first-order valence-electron chi connectivity index (χ1n) is 7.50. The van der Waals surface area contributed by atoms with Crippen LogP contribution in [0.1, 0.15) is 52.9 Å². The Morgan fingerprint density at radius 2 is 1.85 bits per heavy atom. The zero-order chi connectivity index (χ0) is 15.3. The van der Waals surface area contributed by atoms with E-state index in [2.05, 4.69) is 0 Å². The van der Waals surface area contributed by atoms with Gasteiger partial charge in [-0.15, -0.1) is 0 Å². The van der Waals surface area contributed by atoms with Crippen LogP contribution < -0.4 is 5.73 Å². The number of nitrogens with two attached hydrogens (primary N) is 1. The molecular formula is C15H28N2O3. The average molecular weight is 284 g/mol. The van der Waals surface area contributed by atoms with E-state index in [4.69, 9.17) is 10.8 Å². The molecule has 0 saturated heterocycles. The standard InChI is InChI=1S/C15H28N2O3/c1-15(2,3)17(9-8-13(18)19)14(20)12-7-5-4-6-11(12)10-16/h11-12H,4-10,16H2,1-3H3,(H,18,19). The van der Waals surface area contributed by atoms with Gasteiger partial charge in [0.1, 0.15) is 0 Å². The van der Waals surface area contributed by atoms with Gasteiger partial charge in [0, 0.05) is 18.0 Å². The van der Waals surface area contributed by atoms with Crippen molar-refractivity contribution in [3.63, 3.8) is 0 Å². The second-order valence-corrected chi connectivity index (χ2v) is 6.69. The molecule has 1 aliphatic carbocycles. The van der Waals surface area contributed by atoms with Gasteiger partial charge in [0.15, 0.2) is 0 Å². The number of carbonyl (C=O) groups is 2. The SMILES string of the molecule is CC(C)(C)N(CCC(=O)O)C(=O)C1CCCCC1CN. The van der Waals surface area contributed by atoms with Crippen molar-refractivity contribution in [2.75, 3.05) is 13.1 Å². The molecular weight excluding hydrogens is 256 g/mol. The van der Waals surface area contributed by atoms with Crippen LogP contribution >= 0.6 is 0 Å². The number of hydrogen-bond donors (Lipinski definition) is 2. The molecule has 0 spiro atoms. The molecule has 2 unspecified atom stereocenters. The maximum Gasteiger partial charge on any atom is 0.305 e. The number of nitrogens with zero attached hydrogens (tertiary/aromatic N) is 1. The molecule has 116 valence electrons. The predicted octanol–water partition coefficient (Wildman–Crippen LogP) is 1.85. The fourth-order valence-corrected chi connectivity index (χ4v) is 3.00. The molecule has 3 N–H and O–H groups in total. The third kappa shape index (κ3) is 4.47. The zero-order valence-corrected chi connectivity index (χ0v) is 12.9. The van der Waals surface area contributed by atoms with Gasteiger partial charge >= 0.3 is 5.97 Å². The topological polar surface area (TPSA) is 83.6 Å². The first kappa shape index (κ1) is 17.0. The maximum atomic E-state index is 12.8. The number of aliphatic carboxylic acids is 1. The highest BCUT2D eigenvalue weighted by atomic mass is 16.4. The van der Waals surface area contributed by atoms with E-state index in [-0.39, 0.29) is 36.2 Å². The van der Waals surface area contributed by atoms with Crippen molar-refractivity contribution in [1.29, 1.82) is 0 Å². The third-order valence-corrected chi connectivity index (χ3v) is 4.15. The Morgan fingerprint density at radius 3 is 2.35 bits per heavy atom. The zero-order valence-electron chi connectivity index (χ0n) is 12.9. The molecule has 0 aromatic rings. The lowest BCUT2D eigenvalue weighted by Gasteiger charge is -2.41. The largest absolute Gasteiger partial charge is 0.481 e. The molecule has 0 aromatic heterocycles. The van der Waals surface area contributed by atoms with E-state index in [1.807, 2.05) is 20.8 Å². The number of carboxylic acids is 1. The fourth-order valence-electron chi connectivity index (χ4n) is 3.00. The van der Waals surface area contributed by atoms with Crippen molar-refractivity contribution in [3.05, 3.63) is 0 Å².